The summed E-state index contributed by atoms with van der Waals surface area (Å²) >= 11 is 0. The van der Waals surface area contributed by atoms with Crippen LogP contribution in [0.3, 0.4) is 0 Å². The molecule has 1 saturated carbocycles. The summed E-state index contributed by atoms with van der Waals surface area (Å²) in [6, 6.07) is 1.39. The maximum Gasteiger partial charge on any atom is 0.0330 e. The van der Waals surface area contributed by atoms with Crippen LogP contribution < -0.4 is 5.32 Å². The highest BCUT2D eigenvalue weighted by Crippen LogP contribution is 2.35. The number of rotatable bonds is 5. The highest BCUT2D eigenvalue weighted by Gasteiger charge is 2.37. The first-order chi connectivity index (χ1) is 9.43. The number of likely N-dealkylation sites (N-methyl/N-ethyl adjacent to an activating group) is 1. The maximum absolute atomic E-state index is 3.90. The summed E-state index contributed by atoms with van der Waals surface area (Å²) in [5.41, 5.74) is 0.392. The van der Waals surface area contributed by atoms with Crippen molar-refractivity contribution in [3.05, 3.63) is 0 Å². The van der Waals surface area contributed by atoms with Crippen molar-refractivity contribution in [2.24, 2.45) is 5.92 Å². The number of hydrogen-bond acceptors (Lipinski definition) is 3. The lowest BCUT2D eigenvalue weighted by Crippen LogP contribution is -2.56. The molecule has 118 valence electrons. The van der Waals surface area contributed by atoms with Gasteiger partial charge < -0.3 is 10.2 Å². The van der Waals surface area contributed by atoms with Gasteiger partial charge >= 0.3 is 0 Å². The summed E-state index contributed by atoms with van der Waals surface area (Å²) < 4.78 is 0. The minimum absolute atomic E-state index is 0.392. The lowest BCUT2D eigenvalue weighted by molar-refractivity contribution is 0.0723. The second-order valence-electron chi connectivity index (χ2n) is 7.78. The quantitative estimate of drug-likeness (QED) is 0.835. The smallest absolute Gasteiger partial charge is 0.0330 e. The molecule has 0 aromatic carbocycles. The van der Waals surface area contributed by atoms with Crippen LogP contribution in [-0.2, 0) is 0 Å². The van der Waals surface area contributed by atoms with Crippen LogP contribution in [-0.4, -0.2) is 61.2 Å². The molecule has 20 heavy (non-hydrogen) atoms. The molecule has 1 aliphatic carbocycles. The number of nitrogens with one attached hydrogen (secondary N) is 1. The van der Waals surface area contributed by atoms with E-state index >= 15 is 0 Å². The summed E-state index contributed by atoms with van der Waals surface area (Å²) in [7, 11) is 4.55. The number of hydrogen-bond donors (Lipinski definition) is 1. The normalized spacial score (nSPS) is 36.1. The largest absolute Gasteiger partial charge is 0.311 e. The molecule has 1 N–H and O–H groups in total. The average molecular weight is 281 g/mol. The van der Waals surface area contributed by atoms with E-state index in [1.165, 1.54) is 51.7 Å². The van der Waals surface area contributed by atoms with Crippen LogP contribution >= 0.6 is 0 Å². The Labute approximate surface area is 126 Å². The zero-order valence-corrected chi connectivity index (χ0v) is 14.3. The van der Waals surface area contributed by atoms with Gasteiger partial charge in [-0.3, -0.25) is 4.90 Å². The van der Waals surface area contributed by atoms with Crippen molar-refractivity contribution >= 4 is 0 Å². The molecule has 3 unspecified atom stereocenters. The van der Waals surface area contributed by atoms with Crippen molar-refractivity contribution in [2.75, 3.05) is 33.7 Å². The van der Waals surface area contributed by atoms with Crippen LogP contribution in [0.2, 0.25) is 0 Å². The molecule has 1 saturated heterocycles. The summed E-state index contributed by atoms with van der Waals surface area (Å²) in [4.78, 5) is 5.09. The molecule has 2 rings (SSSR count). The fourth-order valence-electron chi connectivity index (χ4n) is 4.11. The Hall–Kier alpha value is -0.120. The molecule has 3 heteroatoms. The molecule has 0 aromatic heterocycles. The molecule has 0 spiro atoms. The van der Waals surface area contributed by atoms with Crippen molar-refractivity contribution in [3.63, 3.8) is 0 Å². The molecule has 0 radical (unpaired) electrons. The molecule has 0 bridgehead atoms. The van der Waals surface area contributed by atoms with Crippen molar-refractivity contribution < 1.29 is 0 Å². The van der Waals surface area contributed by atoms with E-state index in [9.17, 15) is 0 Å². The third-order valence-electron chi connectivity index (χ3n) is 5.69. The first-order valence-electron chi connectivity index (χ1n) is 8.58. The van der Waals surface area contributed by atoms with Crippen molar-refractivity contribution in [1.82, 2.24) is 15.1 Å². The van der Waals surface area contributed by atoms with Crippen molar-refractivity contribution in [2.45, 2.75) is 70.5 Å². The van der Waals surface area contributed by atoms with Gasteiger partial charge in [0.05, 0.1) is 0 Å². The summed E-state index contributed by atoms with van der Waals surface area (Å²) in [5, 5.41) is 3.90. The van der Waals surface area contributed by atoms with Gasteiger partial charge in [0.15, 0.2) is 0 Å². The molecule has 2 aliphatic rings. The van der Waals surface area contributed by atoms with Crippen molar-refractivity contribution in [3.8, 4) is 0 Å². The van der Waals surface area contributed by atoms with Gasteiger partial charge in [-0.05, 0) is 59.7 Å². The predicted octanol–water partition coefficient (Wildman–Crippen LogP) is 2.57. The highest BCUT2D eigenvalue weighted by atomic mass is 15.2. The zero-order chi connectivity index (χ0) is 14.8. The Morgan fingerprint density at radius 2 is 2.05 bits per heavy atom. The van der Waals surface area contributed by atoms with E-state index in [2.05, 4.69) is 50.0 Å². The zero-order valence-electron chi connectivity index (χ0n) is 14.3. The van der Waals surface area contributed by atoms with E-state index in [1.807, 2.05) is 0 Å². The molecular formula is C17H35N3. The molecule has 0 aromatic rings. The predicted molar refractivity (Wildman–Crippen MR) is 87.2 cm³/mol. The molecule has 1 heterocycles. The molecule has 3 nitrogen and oxygen atoms in total. The second kappa shape index (κ2) is 6.76. The Morgan fingerprint density at radius 3 is 2.60 bits per heavy atom. The van der Waals surface area contributed by atoms with Crippen molar-refractivity contribution in [1.29, 1.82) is 0 Å². The van der Waals surface area contributed by atoms with Crippen LogP contribution in [0, 0.1) is 5.92 Å². The van der Waals surface area contributed by atoms with Gasteiger partial charge in [0.2, 0.25) is 0 Å². The lowest BCUT2D eigenvalue weighted by Gasteiger charge is -2.46. The van der Waals surface area contributed by atoms with Gasteiger partial charge in [-0.1, -0.05) is 19.8 Å². The third-order valence-corrected chi connectivity index (χ3v) is 5.69. The molecule has 2 fully saturated rings. The second-order valence-corrected chi connectivity index (χ2v) is 7.78. The van der Waals surface area contributed by atoms with Crippen LogP contribution in [0.25, 0.3) is 0 Å². The highest BCUT2D eigenvalue weighted by molar-refractivity contribution is 4.96. The van der Waals surface area contributed by atoms with E-state index in [0.717, 1.165) is 5.92 Å². The minimum Gasteiger partial charge on any atom is -0.311 e. The van der Waals surface area contributed by atoms with Crippen LogP contribution in [0.4, 0.5) is 0 Å². The summed E-state index contributed by atoms with van der Waals surface area (Å²) in [6.45, 7) is 10.7. The number of nitrogens with zero attached hydrogens (tertiary/aromatic N) is 2. The van der Waals surface area contributed by atoms with E-state index < -0.39 is 0 Å². The third kappa shape index (κ3) is 3.75. The van der Waals surface area contributed by atoms with E-state index in [1.54, 1.807) is 0 Å². The monoisotopic (exact) mass is 281 g/mol. The summed E-state index contributed by atoms with van der Waals surface area (Å²) in [6.07, 6.45) is 6.84. The van der Waals surface area contributed by atoms with Gasteiger partial charge in [-0.25, -0.2) is 0 Å². The van der Waals surface area contributed by atoms with Gasteiger partial charge in [-0.2, -0.15) is 0 Å². The van der Waals surface area contributed by atoms with Gasteiger partial charge in [0.1, 0.15) is 0 Å². The van der Waals surface area contributed by atoms with E-state index in [4.69, 9.17) is 0 Å². The van der Waals surface area contributed by atoms with Crippen LogP contribution in [0.5, 0.6) is 0 Å². The van der Waals surface area contributed by atoms with E-state index in [-0.39, 0.29) is 0 Å². The van der Waals surface area contributed by atoms with Crippen LogP contribution in [0.1, 0.15) is 52.9 Å². The van der Waals surface area contributed by atoms with Gasteiger partial charge in [0.25, 0.3) is 0 Å². The van der Waals surface area contributed by atoms with E-state index in [0.29, 0.717) is 17.6 Å². The SMILES string of the molecule is CC1CCCC(CNC2CCN(C(C)C)C2)(N(C)C)C1. The fourth-order valence-corrected chi connectivity index (χ4v) is 4.11. The molecule has 0 amide bonds. The Kier molecular flexibility index (Phi) is 5.49. The Bertz CT molecular complexity index is 303. The Morgan fingerprint density at radius 1 is 1.30 bits per heavy atom. The average Bonchev–Trinajstić information content (AvgIpc) is 2.85. The maximum atomic E-state index is 3.90. The van der Waals surface area contributed by atoms with Gasteiger partial charge in [-0.15, -0.1) is 0 Å². The number of likely N-dealkylation sites (tertiary alicyclic amines) is 1. The first-order valence-corrected chi connectivity index (χ1v) is 8.58. The lowest BCUT2D eigenvalue weighted by atomic mass is 9.75. The van der Waals surface area contributed by atoms with Gasteiger partial charge in [0, 0.05) is 30.7 Å². The van der Waals surface area contributed by atoms with Crippen LogP contribution in [0.15, 0.2) is 0 Å². The Balaban J connectivity index is 1.87. The standard InChI is InChI=1S/C17H35N3/c1-14(2)20-10-8-16(12-20)18-13-17(19(4)5)9-6-7-15(3)11-17/h14-16,18H,6-13H2,1-5H3. The topological polar surface area (TPSA) is 18.5 Å². The first kappa shape index (κ1) is 16.3. The fraction of sp³-hybridized carbons (Fsp3) is 1.00. The summed E-state index contributed by atoms with van der Waals surface area (Å²) in [5.74, 6) is 0.878. The molecule has 1 aliphatic heterocycles. The minimum atomic E-state index is 0.392. The molecular weight excluding hydrogens is 246 g/mol. The molecule has 3 atom stereocenters.